The Kier molecular flexibility index (Phi) is 8.42. The molecule has 0 aromatic rings. The lowest BCUT2D eigenvalue weighted by molar-refractivity contribution is -0.143. The van der Waals surface area contributed by atoms with Gasteiger partial charge in [0.1, 0.15) is 0 Å². The van der Waals surface area contributed by atoms with Crippen molar-refractivity contribution in [2.75, 3.05) is 13.2 Å². The predicted octanol–water partition coefficient (Wildman–Crippen LogP) is 1.52. The summed E-state index contributed by atoms with van der Waals surface area (Å²) in [4.78, 5) is 33.6. The molecule has 1 atom stereocenters. The molecule has 7 nitrogen and oxygen atoms in total. The SMILES string of the molecule is CCOC(=O)CCCNC(=O)NC(CC(=O)O)C(C)(C)C. The number of carboxylic acid groups (broad SMARTS) is 1. The monoisotopic (exact) mass is 302 g/mol. The van der Waals surface area contributed by atoms with Crippen molar-refractivity contribution in [3.05, 3.63) is 0 Å². The van der Waals surface area contributed by atoms with Crippen molar-refractivity contribution in [1.82, 2.24) is 10.6 Å². The van der Waals surface area contributed by atoms with E-state index in [0.29, 0.717) is 19.6 Å². The highest BCUT2D eigenvalue weighted by Gasteiger charge is 2.28. The van der Waals surface area contributed by atoms with Gasteiger partial charge in [0.2, 0.25) is 0 Å². The van der Waals surface area contributed by atoms with Gasteiger partial charge in [-0.3, -0.25) is 9.59 Å². The maximum Gasteiger partial charge on any atom is 0.315 e. The molecule has 3 N–H and O–H groups in total. The van der Waals surface area contributed by atoms with E-state index in [1.165, 1.54) is 0 Å². The average molecular weight is 302 g/mol. The van der Waals surface area contributed by atoms with E-state index >= 15 is 0 Å². The summed E-state index contributed by atoms with van der Waals surface area (Å²) in [6.07, 6.45) is 0.580. The van der Waals surface area contributed by atoms with Gasteiger partial charge in [-0.1, -0.05) is 20.8 Å². The topological polar surface area (TPSA) is 105 Å². The van der Waals surface area contributed by atoms with Gasteiger partial charge in [0.15, 0.2) is 0 Å². The van der Waals surface area contributed by atoms with Gasteiger partial charge in [0, 0.05) is 19.0 Å². The Balaban J connectivity index is 4.10. The number of rotatable bonds is 8. The lowest BCUT2D eigenvalue weighted by Gasteiger charge is -2.30. The van der Waals surface area contributed by atoms with Crippen LogP contribution in [0.4, 0.5) is 4.79 Å². The molecule has 0 fully saturated rings. The van der Waals surface area contributed by atoms with Crippen LogP contribution in [-0.2, 0) is 14.3 Å². The fraction of sp³-hybridized carbons (Fsp3) is 0.786. The lowest BCUT2D eigenvalue weighted by atomic mass is 9.85. The van der Waals surface area contributed by atoms with E-state index in [1.54, 1.807) is 6.92 Å². The van der Waals surface area contributed by atoms with Gasteiger partial charge in [0.05, 0.1) is 13.0 Å². The van der Waals surface area contributed by atoms with Crippen molar-refractivity contribution in [2.24, 2.45) is 5.41 Å². The number of carbonyl (C=O) groups excluding carboxylic acids is 2. The van der Waals surface area contributed by atoms with Crippen LogP contribution in [0, 0.1) is 5.41 Å². The van der Waals surface area contributed by atoms with Crippen LogP contribution in [0.25, 0.3) is 0 Å². The fourth-order valence-electron chi connectivity index (χ4n) is 1.63. The first-order valence-corrected chi connectivity index (χ1v) is 7.08. The van der Waals surface area contributed by atoms with Crippen LogP contribution >= 0.6 is 0 Å². The summed E-state index contributed by atoms with van der Waals surface area (Å²) >= 11 is 0. The highest BCUT2D eigenvalue weighted by atomic mass is 16.5. The van der Waals surface area contributed by atoms with Gasteiger partial charge in [-0.15, -0.1) is 0 Å². The van der Waals surface area contributed by atoms with Gasteiger partial charge < -0.3 is 20.5 Å². The smallest absolute Gasteiger partial charge is 0.315 e. The first kappa shape index (κ1) is 19.2. The van der Waals surface area contributed by atoms with Gasteiger partial charge in [0.25, 0.3) is 0 Å². The predicted molar refractivity (Wildman–Crippen MR) is 77.9 cm³/mol. The Labute approximate surface area is 125 Å². The summed E-state index contributed by atoms with van der Waals surface area (Å²) in [5.41, 5.74) is -0.360. The molecule has 0 saturated carbocycles. The fourth-order valence-corrected chi connectivity index (χ4v) is 1.63. The Morgan fingerprint density at radius 2 is 1.86 bits per heavy atom. The van der Waals surface area contributed by atoms with E-state index in [9.17, 15) is 14.4 Å². The summed E-state index contributed by atoms with van der Waals surface area (Å²) < 4.78 is 4.77. The van der Waals surface area contributed by atoms with Gasteiger partial charge >= 0.3 is 18.0 Å². The molecule has 122 valence electrons. The minimum atomic E-state index is -0.961. The maximum atomic E-state index is 11.7. The molecule has 7 heteroatoms. The van der Waals surface area contributed by atoms with Crippen LogP contribution in [0.1, 0.15) is 47.0 Å². The van der Waals surface area contributed by atoms with E-state index in [0.717, 1.165) is 0 Å². The zero-order valence-corrected chi connectivity index (χ0v) is 13.2. The standard InChI is InChI=1S/C14H26N2O5/c1-5-21-12(19)7-6-8-15-13(20)16-10(9-11(17)18)14(2,3)4/h10H,5-9H2,1-4H3,(H,17,18)(H2,15,16,20). The Hall–Kier alpha value is -1.79. The molecule has 2 amide bonds. The summed E-state index contributed by atoms with van der Waals surface area (Å²) in [7, 11) is 0. The highest BCUT2D eigenvalue weighted by molar-refractivity contribution is 5.76. The molecule has 0 spiro atoms. The molecule has 1 unspecified atom stereocenters. The quantitative estimate of drug-likeness (QED) is 0.466. The van der Waals surface area contributed by atoms with E-state index in [2.05, 4.69) is 10.6 Å². The number of esters is 1. The molecule has 0 aliphatic rings. The van der Waals surface area contributed by atoms with Gasteiger partial charge in [-0.05, 0) is 18.8 Å². The molecule has 0 aliphatic heterocycles. The molecule has 0 saturated heterocycles. The number of amides is 2. The van der Waals surface area contributed by atoms with Gasteiger partial charge in [-0.2, -0.15) is 0 Å². The maximum absolute atomic E-state index is 11.7. The van der Waals surface area contributed by atoms with Gasteiger partial charge in [-0.25, -0.2) is 4.79 Å². The molecule has 0 rings (SSSR count). The lowest BCUT2D eigenvalue weighted by Crippen LogP contribution is -2.49. The number of urea groups is 1. The van der Waals surface area contributed by atoms with Crippen molar-refractivity contribution in [3.63, 3.8) is 0 Å². The third-order valence-corrected chi connectivity index (χ3v) is 2.88. The molecular formula is C14H26N2O5. The molecule has 0 bridgehead atoms. The number of nitrogens with one attached hydrogen (secondary N) is 2. The minimum Gasteiger partial charge on any atom is -0.481 e. The second-order valence-corrected chi connectivity index (χ2v) is 5.83. The molecule has 0 radical (unpaired) electrons. The van der Waals surface area contributed by atoms with Crippen LogP contribution in [0.2, 0.25) is 0 Å². The zero-order chi connectivity index (χ0) is 16.5. The number of carboxylic acids is 1. The number of hydrogen-bond donors (Lipinski definition) is 3. The highest BCUT2D eigenvalue weighted by Crippen LogP contribution is 2.21. The minimum absolute atomic E-state index is 0.139. The second kappa shape index (κ2) is 9.20. The molecule has 0 aromatic carbocycles. The third kappa shape index (κ3) is 9.70. The summed E-state index contributed by atoms with van der Waals surface area (Å²) in [5, 5.41) is 14.1. The average Bonchev–Trinajstić information content (AvgIpc) is 2.32. The van der Waals surface area contributed by atoms with Crippen molar-refractivity contribution < 1.29 is 24.2 Å². The first-order chi connectivity index (χ1) is 9.66. The molecule has 0 aliphatic carbocycles. The largest absolute Gasteiger partial charge is 0.481 e. The van der Waals surface area contributed by atoms with Crippen LogP contribution < -0.4 is 10.6 Å². The zero-order valence-electron chi connectivity index (χ0n) is 13.2. The molecular weight excluding hydrogens is 276 g/mol. The summed E-state index contributed by atoms with van der Waals surface area (Å²) in [5.74, 6) is -1.25. The number of aliphatic carboxylic acids is 1. The van der Waals surface area contributed by atoms with Crippen molar-refractivity contribution in [3.8, 4) is 0 Å². The van der Waals surface area contributed by atoms with Crippen LogP contribution in [0.5, 0.6) is 0 Å². The Bertz CT molecular complexity index is 363. The second-order valence-electron chi connectivity index (χ2n) is 5.83. The van der Waals surface area contributed by atoms with Crippen LogP contribution in [0.3, 0.4) is 0 Å². The molecule has 0 heterocycles. The number of ether oxygens (including phenoxy) is 1. The van der Waals surface area contributed by atoms with E-state index in [1.807, 2.05) is 20.8 Å². The van der Waals surface area contributed by atoms with E-state index in [-0.39, 0.29) is 24.2 Å². The van der Waals surface area contributed by atoms with E-state index < -0.39 is 18.0 Å². The van der Waals surface area contributed by atoms with Crippen LogP contribution in [0.15, 0.2) is 0 Å². The van der Waals surface area contributed by atoms with Crippen molar-refractivity contribution in [2.45, 2.75) is 53.0 Å². The summed E-state index contributed by atoms with van der Waals surface area (Å²) in [6.45, 7) is 7.99. The van der Waals surface area contributed by atoms with E-state index in [4.69, 9.17) is 9.84 Å². The number of carbonyl (C=O) groups is 3. The summed E-state index contributed by atoms with van der Waals surface area (Å²) in [6, 6.07) is -0.903. The van der Waals surface area contributed by atoms with Crippen LogP contribution in [-0.4, -0.2) is 42.3 Å². The van der Waals surface area contributed by atoms with Crippen molar-refractivity contribution >= 4 is 18.0 Å². The number of hydrogen-bond acceptors (Lipinski definition) is 4. The Morgan fingerprint density at radius 3 is 2.33 bits per heavy atom. The molecule has 21 heavy (non-hydrogen) atoms. The molecule has 0 aromatic heterocycles. The first-order valence-electron chi connectivity index (χ1n) is 7.08. The van der Waals surface area contributed by atoms with Crippen molar-refractivity contribution in [1.29, 1.82) is 0 Å². The Morgan fingerprint density at radius 1 is 1.24 bits per heavy atom. The normalized spacial score (nSPS) is 12.4. The third-order valence-electron chi connectivity index (χ3n) is 2.88.